The molecule has 1 saturated heterocycles. The van der Waals surface area contributed by atoms with Crippen LogP contribution >= 0.6 is 11.6 Å². The fourth-order valence-corrected chi connectivity index (χ4v) is 6.03. The Morgan fingerprint density at radius 3 is 2.50 bits per heavy atom. The van der Waals surface area contributed by atoms with E-state index in [1.165, 1.54) is 12.0 Å². The lowest BCUT2D eigenvalue weighted by Gasteiger charge is -2.31. The third kappa shape index (κ3) is 4.23. The summed E-state index contributed by atoms with van der Waals surface area (Å²) in [5.74, 6) is 1.64. The Hall–Kier alpha value is -3.10. The maximum absolute atomic E-state index is 12.9. The number of piperidine rings is 1. The Balaban J connectivity index is 1.40. The first kappa shape index (κ1) is 22.7. The number of fused-ring (bicyclic) bond motifs is 1. The summed E-state index contributed by atoms with van der Waals surface area (Å²) in [5, 5.41) is 10.2. The highest BCUT2D eigenvalue weighted by Gasteiger charge is 2.48. The molecule has 0 radical (unpaired) electrons. The van der Waals surface area contributed by atoms with Crippen molar-refractivity contribution >= 4 is 29.5 Å². The summed E-state index contributed by atoms with van der Waals surface area (Å²) in [4.78, 5) is 27.0. The van der Waals surface area contributed by atoms with E-state index in [9.17, 15) is 14.9 Å². The fourth-order valence-electron chi connectivity index (χ4n) is 5.80. The lowest BCUT2D eigenvalue weighted by Crippen LogP contribution is -2.39. The Bertz CT molecular complexity index is 1240. The fraction of sp³-hybridized carbons (Fsp3) is 0.393. The maximum Gasteiger partial charge on any atom is 0.249 e. The van der Waals surface area contributed by atoms with Crippen LogP contribution in [-0.4, -0.2) is 29.8 Å². The summed E-state index contributed by atoms with van der Waals surface area (Å²) < 4.78 is 0. The number of primary amides is 1. The first-order chi connectivity index (χ1) is 16.4. The quantitative estimate of drug-likeness (QED) is 0.650. The van der Waals surface area contributed by atoms with E-state index in [0.29, 0.717) is 27.6 Å². The van der Waals surface area contributed by atoms with Gasteiger partial charge in [0.1, 0.15) is 0 Å². The summed E-state index contributed by atoms with van der Waals surface area (Å²) in [7, 11) is 0. The standard InChI is InChI=1S/C28H28ClN3O2/c1-16-19(9-17-5-7-32(8-6-17)28(34)22-11-20-10-21(20)12-22)13-23(29)14-25(16)26-18(15-30)3-2-4-24(26)27(31)33/h2-4,9,13-14,20-22H,5-8,10-12H2,1H3,(H2,31,33). The SMILES string of the molecule is Cc1c(C=C2CCN(C(=O)C3CC4CC4C3)CC2)cc(Cl)cc1-c1c(C#N)cccc1C(N)=O. The van der Waals surface area contributed by atoms with Crippen molar-refractivity contribution in [2.24, 2.45) is 23.5 Å². The minimum absolute atomic E-state index is 0.242. The van der Waals surface area contributed by atoms with Crippen LogP contribution in [0.3, 0.4) is 0 Å². The molecule has 3 aliphatic rings. The number of carbonyl (C=O) groups excluding carboxylic acids is 2. The van der Waals surface area contributed by atoms with Crippen molar-refractivity contribution in [2.75, 3.05) is 13.1 Å². The van der Waals surface area contributed by atoms with E-state index in [2.05, 4.69) is 12.1 Å². The summed E-state index contributed by atoms with van der Waals surface area (Å²) in [5.41, 5.74) is 10.7. The second-order valence-electron chi connectivity index (χ2n) is 9.92. The van der Waals surface area contributed by atoms with Gasteiger partial charge in [0.15, 0.2) is 0 Å². The van der Waals surface area contributed by atoms with Crippen LogP contribution in [0.1, 0.15) is 59.2 Å². The molecule has 2 aromatic rings. The van der Waals surface area contributed by atoms with Crippen molar-refractivity contribution in [2.45, 2.75) is 39.0 Å². The predicted molar refractivity (Wildman–Crippen MR) is 133 cm³/mol. The molecule has 6 heteroatoms. The third-order valence-electron chi connectivity index (χ3n) is 7.80. The molecule has 0 bridgehead atoms. The van der Waals surface area contributed by atoms with E-state index >= 15 is 0 Å². The maximum atomic E-state index is 12.9. The van der Waals surface area contributed by atoms with Crippen molar-refractivity contribution in [3.05, 3.63) is 63.2 Å². The molecule has 3 fully saturated rings. The average Bonchev–Trinajstić information content (AvgIpc) is 3.45. The second-order valence-corrected chi connectivity index (χ2v) is 10.4. The minimum atomic E-state index is -0.581. The highest BCUT2D eigenvalue weighted by Crippen LogP contribution is 2.54. The Morgan fingerprint density at radius 2 is 1.85 bits per heavy atom. The molecule has 1 aliphatic heterocycles. The van der Waals surface area contributed by atoms with E-state index < -0.39 is 5.91 Å². The summed E-state index contributed by atoms with van der Waals surface area (Å²) >= 11 is 6.49. The molecule has 5 nitrogen and oxygen atoms in total. The molecule has 5 rings (SSSR count). The van der Waals surface area contributed by atoms with Crippen LogP contribution in [0.2, 0.25) is 5.02 Å². The van der Waals surface area contributed by atoms with Gasteiger partial charge in [-0.3, -0.25) is 9.59 Å². The van der Waals surface area contributed by atoms with E-state index in [0.717, 1.165) is 67.3 Å². The van der Waals surface area contributed by atoms with E-state index in [4.69, 9.17) is 17.3 Å². The number of nitrogens with two attached hydrogens (primary N) is 1. The van der Waals surface area contributed by atoms with Gasteiger partial charge in [-0.25, -0.2) is 0 Å². The molecule has 2 N–H and O–H groups in total. The van der Waals surface area contributed by atoms with E-state index in [1.54, 1.807) is 24.3 Å². The summed E-state index contributed by atoms with van der Waals surface area (Å²) in [6.07, 6.45) is 7.34. The number of rotatable bonds is 4. The number of nitriles is 1. The first-order valence-corrected chi connectivity index (χ1v) is 12.3. The van der Waals surface area contributed by atoms with Crippen molar-refractivity contribution in [3.63, 3.8) is 0 Å². The molecular weight excluding hydrogens is 446 g/mol. The number of amides is 2. The second kappa shape index (κ2) is 8.92. The topological polar surface area (TPSA) is 87.2 Å². The van der Waals surface area contributed by atoms with Crippen LogP contribution in [0.5, 0.6) is 0 Å². The smallest absolute Gasteiger partial charge is 0.249 e. The molecule has 1 heterocycles. The number of nitrogens with zero attached hydrogens (tertiary/aromatic N) is 2. The molecule has 174 valence electrons. The number of halogens is 1. The Morgan fingerprint density at radius 1 is 1.15 bits per heavy atom. The van der Waals surface area contributed by atoms with Crippen LogP contribution in [0.25, 0.3) is 17.2 Å². The van der Waals surface area contributed by atoms with Gasteiger partial charge in [-0.1, -0.05) is 29.3 Å². The zero-order valence-electron chi connectivity index (χ0n) is 19.3. The van der Waals surface area contributed by atoms with E-state index in [1.807, 2.05) is 17.9 Å². The highest BCUT2D eigenvalue weighted by molar-refractivity contribution is 6.31. The molecule has 0 aromatic heterocycles. The largest absolute Gasteiger partial charge is 0.366 e. The first-order valence-electron chi connectivity index (χ1n) is 12.0. The number of likely N-dealkylation sites (tertiary alicyclic amines) is 1. The molecular formula is C28H28ClN3O2. The predicted octanol–water partition coefficient (Wildman–Crippen LogP) is 5.34. The molecule has 2 unspecified atom stereocenters. The van der Waals surface area contributed by atoms with Crippen LogP contribution in [0.15, 0.2) is 35.9 Å². The van der Waals surface area contributed by atoms with Gasteiger partial charge in [0.05, 0.1) is 11.6 Å². The highest BCUT2D eigenvalue weighted by atomic mass is 35.5. The van der Waals surface area contributed by atoms with Crippen molar-refractivity contribution in [1.82, 2.24) is 4.90 Å². The van der Waals surface area contributed by atoms with Gasteiger partial charge < -0.3 is 10.6 Å². The number of benzene rings is 2. The van der Waals surface area contributed by atoms with Crippen molar-refractivity contribution in [1.29, 1.82) is 5.26 Å². The molecule has 2 atom stereocenters. The molecule has 2 amide bonds. The van der Waals surface area contributed by atoms with Crippen LogP contribution in [-0.2, 0) is 4.79 Å². The van der Waals surface area contributed by atoms with Gasteiger partial charge in [-0.15, -0.1) is 0 Å². The zero-order chi connectivity index (χ0) is 24.0. The van der Waals surface area contributed by atoms with Crippen LogP contribution < -0.4 is 5.73 Å². The van der Waals surface area contributed by atoms with Gasteiger partial charge in [0.25, 0.3) is 0 Å². The van der Waals surface area contributed by atoms with Crippen molar-refractivity contribution in [3.8, 4) is 17.2 Å². The monoisotopic (exact) mass is 473 g/mol. The summed E-state index contributed by atoms with van der Waals surface area (Å²) in [6.45, 7) is 3.49. The van der Waals surface area contributed by atoms with Gasteiger partial charge in [-0.2, -0.15) is 5.26 Å². The molecule has 2 aromatic carbocycles. The van der Waals surface area contributed by atoms with Crippen LogP contribution in [0.4, 0.5) is 0 Å². The van der Waals surface area contributed by atoms with Gasteiger partial charge in [-0.05, 0) is 91.8 Å². The summed E-state index contributed by atoms with van der Waals surface area (Å²) in [6, 6.07) is 10.9. The normalized spacial score (nSPS) is 23.3. The number of carbonyl (C=O) groups is 2. The average molecular weight is 474 g/mol. The molecule has 0 spiro atoms. The minimum Gasteiger partial charge on any atom is -0.366 e. The zero-order valence-corrected chi connectivity index (χ0v) is 20.1. The Labute approximate surface area is 205 Å². The van der Waals surface area contributed by atoms with Crippen LogP contribution in [0, 0.1) is 36.0 Å². The van der Waals surface area contributed by atoms with Gasteiger partial charge >= 0.3 is 0 Å². The number of hydrogen-bond donors (Lipinski definition) is 1. The number of hydrogen-bond acceptors (Lipinski definition) is 3. The third-order valence-corrected chi connectivity index (χ3v) is 8.02. The lowest BCUT2D eigenvalue weighted by atomic mass is 9.88. The molecule has 34 heavy (non-hydrogen) atoms. The van der Waals surface area contributed by atoms with Gasteiger partial charge in [0, 0.05) is 35.2 Å². The molecule has 2 aliphatic carbocycles. The van der Waals surface area contributed by atoms with E-state index in [-0.39, 0.29) is 5.92 Å². The molecule has 2 saturated carbocycles. The lowest BCUT2D eigenvalue weighted by molar-refractivity contribution is -0.136. The Kier molecular flexibility index (Phi) is 5.95. The van der Waals surface area contributed by atoms with Crippen molar-refractivity contribution < 1.29 is 9.59 Å². The van der Waals surface area contributed by atoms with Gasteiger partial charge in [0.2, 0.25) is 11.8 Å².